The van der Waals surface area contributed by atoms with Crippen LogP contribution in [0, 0.1) is 6.92 Å². The molecule has 4 rings (SSSR count). The minimum Gasteiger partial charge on any atom is -0.489 e. The van der Waals surface area contributed by atoms with Crippen molar-refractivity contribution in [3.8, 4) is 5.75 Å². The SMILES string of the molecule is CCCn1c2cc(OCc3ccccc3)ccc2c2ccnc(C)c21. The van der Waals surface area contributed by atoms with Crippen LogP contribution in [-0.2, 0) is 13.2 Å². The number of nitrogens with zero attached hydrogens (tertiary/aromatic N) is 2. The molecule has 0 amide bonds. The van der Waals surface area contributed by atoms with Crippen molar-refractivity contribution in [1.29, 1.82) is 0 Å². The molecular weight excluding hydrogens is 308 g/mol. The van der Waals surface area contributed by atoms with Crippen LogP contribution in [0.1, 0.15) is 24.6 Å². The summed E-state index contributed by atoms with van der Waals surface area (Å²) in [6.07, 6.45) is 2.98. The number of pyridine rings is 1. The highest BCUT2D eigenvalue weighted by Crippen LogP contribution is 2.33. The lowest BCUT2D eigenvalue weighted by Gasteiger charge is -2.09. The van der Waals surface area contributed by atoms with E-state index in [4.69, 9.17) is 4.74 Å². The van der Waals surface area contributed by atoms with Gasteiger partial charge in [-0.1, -0.05) is 37.3 Å². The molecule has 126 valence electrons. The first-order valence-electron chi connectivity index (χ1n) is 8.82. The van der Waals surface area contributed by atoms with Crippen LogP contribution in [0.25, 0.3) is 21.8 Å². The first-order chi connectivity index (χ1) is 12.3. The Balaban J connectivity index is 1.78. The van der Waals surface area contributed by atoms with Gasteiger partial charge in [0.25, 0.3) is 0 Å². The minimum atomic E-state index is 0.584. The quantitative estimate of drug-likeness (QED) is 0.484. The predicted octanol–water partition coefficient (Wildman–Crippen LogP) is 5.49. The lowest BCUT2D eigenvalue weighted by Crippen LogP contribution is -1.99. The highest BCUT2D eigenvalue weighted by atomic mass is 16.5. The van der Waals surface area contributed by atoms with Crippen molar-refractivity contribution in [1.82, 2.24) is 9.55 Å². The van der Waals surface area contributed by atoms with Crippen LogP contribution in [0.4, 0.5) is 0 Å². The summed E-state index contributed by atoms with van der Waals surface area (Å²) in [6, 6.07) is 18.8. The standard InChI is InChI=1S/C22H22N2O/c1-3-13-24-21-14-18(25-15-17-7-5-4-6-8-17)9-10-19(21)20-11-12-23-16(2)22(20)24/h4-12,14H,3,13,15H2,1-2H3. The van der Waals surface area contributed by atoms with Crippen LogP contribution in [0.2, 0.25) is 0 Å². The number of benzene rings is 2. The molecule has 0 spiro atoms. The summed E-state index contributed by atoms with van der Waals surface area (Å²) in [5, 5.41) is 2.53. The molecule has 0 saturated carbocycles. The fourth-order valence-corrected chi connectivity index (χ4v) is 3.49. The van der Waals surface area contributed by atoms with E-state index in [0.29, 0.717) is 6.61 Å². The summed E-state index contributed by atoms with van der Waals surface area (Å²) in [5.41, 5.74) is 4.71. The van der Waals surface area contributed by atoms with Crippen molar-refractivity contribution < 1.29 is 4.74 Å². The first kappa shape index (κ1) is 15.7. The van der Waals surface area contributed by atoms with Crippen molar-refractivity contribution >= 4 is 21.8 Å². The third kappa shape index (κ3) is 2.86. The van der Waals surface area contributed by atoms with E-state index >= 15 is 0 Å². The van der Waals surface area contributed by atoms with Crippen LogP contribution in [0.3, 0.4) is 0 Å². The second-order valence-corrected chi connectivity index (χ2v) is 6.40. The van der Waals surface area contributed by atoms with Crippen molar-refractivity contribution in [3.05, 3.63) is 72.1 Å². The molecule has 0 N–H and O–H groups in total. The van der Waals surface area contributed by atoms with Gasteiger partial charge in [0, 0.05) is 29.6 Å². The predicted molar refractivity (Wildman–Crippen MR) is 103 cm³/mol. The van der Waals surface area contributed by atoms with E-state index in [1.54, 1.807) is 0 Å². The molecule has 0 fully saturated rings. The molecule has 0 bridgehead atoms. The van der Waals surface area contributed by atoms with Gasteiger partial charge in [0.05, 0.1) is 16.7 Å². The van der Waals surface area contributed by atoms with E-state index < -0.39 is 0 Å². The molecule has 0 unspecified atom stereocenters. The zero-order valence-corrected chi connectivity index (χ0v) is 14.7. The smallest absolute Gasteiger partial charge is 0.121 e. The van der Waals surface area contributed by atoms with Crippen LogP contribution < -0.4 is 4.74 Å². The van der Waals surface area contributed by atoms with Crippen LogP contribution in [0.5, 0.6) is 5.75 Å². The molecule has 0 aliphatic carbocycles. The Kier molecular flexibility index (Phi) is 4.14. The summed E-state index contributed by atoms with van der Waals surface area (Å²) < 4.78 is 8.41. The van der Waals surface area contributed by atoms with Gasteiger partial charge < -0.3 is 9.30 Å². The van der Waals surface area contributed by atoms with Gasteiger partial charge >= 0.3 is 0 Å². The second kappa shape index (κ2) is 6.60. The van der Waals surface area contributed by atoms with E-state index in [0.717, 1.165) is 24.4 Å². The lowest BCUT2D eigenvalue weighted by atomic mass is 10.1. The summed E-state index contributed by atoms with van der Waals surface area (Å²) in [6.45, 7) is 5.86. The van der Waals surface area contributed by atoms with E-state index in [-0.39, 0.29) is 0 Å². The monoisotopic (exact) mass is 330 g/mol. The van der Waals surface area contributed by atoms with Gasteiger partial charge in [-0.2, -0.15) is 0 Å². The Morgan fingerprint density at radius 3 is 2.64 bits per heavy atom. The Bertz CT molecular complexity index is 1020. The second-order valence-electron chi connectivity index (χ2n) is 6.40. The Hall–Kier alpha value is -2.81. The molecule has 0 radical (unpaired) electrons. The largest absolute Gasteiger partial charge is 0.489 e. The normalized spacial score (nSPS) is 11.3. The van der Waals surface area contributed by atoms with Gasteiger partial charge in [0.1, 0.15) is 12.4 Å². The average molecular weight is 330 g/mol. The van der Waals surface area contributed by atoms with Gasteiger partial charge in [0.15, 0.2) is 0 Å². The number of fused-ring (bicyclic) bond motifs is 3. The molecule has 2 heterocycles. The van der Waals surface area contributed by atoms with Crippen molar-refractivity contribution in [2.45, 2.75) is 33.4 Å². The minimum absolute atomic E-state index is 0.584. The zero-order chi connectivity index (χ0) is 17.2. The van der Waals surface area contributed by atoms with Crippen molar-refractivity contribution in [3.63, 3.8) is 0 Å². The topological polar surface area (TPSA) is 27.1 Å². The fraction of sp³-hybridized carbons (Fsp3) is 0.227. The van der Waals surface area contributed by atoms with Crippen LogP contribution in [-0.4, -0.2) is 9.55 Å². The molecule has 4 aromatic rings. The van der Waals surface area contributed by atoms with E-state index in [9.17, 15) is 0 Å². The summed E-state index contributed by atoms with van der Waals surface area (Å²) in [4.78, 5) is 4.49. The van der Waals surface area contributed by atoms with Crippen LogP contribution >= 0.6 is 0 Å². The van der Waals surface area contributed by atoms with Crippen molar-refractivity contribution in [2.24, 2.45) is 0 Å². The maximum atomic E-state index is 6.03. The molecule has 2 aromatic carbocycles. The maximum Gasteiger partial charge on any atom is 0.121 e. The summed E-state index contributed by atoms with van der Waals surface area (Å²) in [7, 11) is 0. The highest BCUT2D eigenvalue weighted by molar-refractivity contribution is 6.09. The number of aryl methyl sites for hydroxylation is 2. The lowest BCUT2D eigenvalue weighted by molar-refractivity contribution is 0.306. The van der Waals surface area contributed by atoms with Gasteiger partial charge in [-0.25, -0.2) is 0 Å². The summed E-state index contributed by atoms with van der Waals surface area (Å²) >= 11 is 0. The van der Waals surface area contributed by atoms with E-state index in [2.05, 4.69) is 59.8 Å². The Morgan fingerprint density at radius 1 is 1.00 bits per heavy atom. The molecular formula is C22H22N2O. The number of hydrogen-bond donors (Lipinski definition) is 0. The Labute approximate surface area is 147 Å². The molecule has 3 heteroatoms. The van der Waals surface area contributed by atoms with E-state index in [1.807, 2.05) is 24.4 Å². The summed E-state index contributed by atoms with van der Waals surface area (Å²) in [5.74, 6) is 0.905. The van der Waals surface area contributed by atoms with Crippen LogP contribution in [0.15, 0.2) is 60.8 Å². The zero-order valence-electron chi connectivity index (χ0n) is 14.7. The Morgan fingerprint density at radius 2 is 1.84 bits per heavy atom. The maximum absolute atomic E-state index is 6.03. The third-order valence-electron chi connectivity index (χ3n) is 4.62. The average Bonchev–Trinajstić information content (AvgIpc) is 2.96. The number of aromatic nitrogens is 2. The molecule has 3 nitrogen and oxygen atoms in total. The molecule has 0 aliphatic rings. The molecule has 0 saturated heterocycles. The molecule has 0 aliphatic heterocycles. The van der Waals surface area contributed by atoms with Gasteiger partial charge in [0.2, 0.25) is 0 Å². The highest BCUT2D eigenvalue weighted by Gasteiger charge is 2.13. The fourth-order valence-electron chi connectivity index (χ4n) is 3.49. The molecule has 25 heavy (non-hydrogen) atoms. The third-order valence-corrected chi connectivity index (χ3v) is 4.62. The number of rotatable bonds is 5. The van der Waals surface area contributed by atoms with Gasteiger partial charge in [-0.3, -0.25) is 4.98 Å². The molecule has 2 aromatic heterocycles. The first-order valence-corrected chi connectivity index (χ1v) is 8.82. The molecule has 0 atom stereocenters. The van der Waals surface area contributed by atoms with E-state index in [1.165, 1.54) is 27.4 Å². The van der Waals surface area contributed by atoms with Gasteiger partial charge in [-0.15, -0.1) is 0 Å². The van der Waals surface area contributed by atoms with Gasteiger partial charge in [-0.05, 0) is 37.1 Å². The number of hydrogen-bond acceptors (Lipinski definition) is 2. The number of ether oxygens (including phenoxy) is 1. The van der Waals surface area contributed by atoms with Crippen molar-refractivity contribution in [2.75, 3.05) is 0 Å².